The predicted octanol–water partition coefficient (Wildman–Crippen LogP) is 3.31. The van der Waals surface area contributed by atoms with Gasteiger partial charge in [0.1, 0.15) is 0 Å². The number of rotatable bonds is 5. The maximum atomic E-state index is 13.1. The van der Waals surface area contributed by atoms with Gasteiger partial charge in [0.05, 0.1) is 13.1 Å². The van der Waals surface area contributed by atoms with Crippen LogP contribution in [0.15, 0.2) is 59.1 Å². The molecule has 1 aliphatic heterocycles. The lowest BCUT2D eigenvalue weighted by atomic mass is 9.94. The molecule has 2 aromatic rings. The Morgan fingerprint density at radius 1 is 0.957 bits per heavy atom. The van der Waals surface area contributed by atoms with Crippen molar-refractivity contribution in [2.75, 3.05) is 13.1 Å². The van der Waals surface area contributed by atoms with Crippen LogP contribution in [-0.4, -0.2) is 24.9 Å². The first-order chi connectivity index (χ1) is 11.2. The van der Waals surface area contributed by atoms with Crippen molar-refractivity contribution in [3.63, 3.8) is 0 Å². The van der Waals surface area contributed by atoms with Crippen LogP contribution in [0.25, 0.3) is 0 Å². The van der Waals surface area contributed by atoms with Crippen molar-refractivity contribution in [2.24, 2.45) is 0 Å². The van der Waals surface area contributed by atoms with E-state index in [4.69, 9.17) is 0 Å². The van der Waals surface area contributed by atoms with Gasteiger partial charge in [-0.25, -0.2) is 0 Å². The third-order valence-electron chi connectivity index (χ3n) is 4.72. The van der Waals surface area contributed by atoms with E-state index in [2.05, 4.69) is 40.2 Å². The Balaban J connectivity index is 1.84. The van der Waals surface area contributed by atoms with Crippen LogP contribution >= 0.6 is 15.9 Å². The quantitative estimate of drug-likeness (QED) is 0.798. The van der Waals surface area contributed by atoms with Gasteiger partial charge >= 0.3 is 0 Å². The lowest BCUT2D eigenvalue weighted by Crippen LogP contribution is -3.17. The molecule has 1 saturated heterocycles. The number of carbonyl (C=O) groups is 1. The number of halogens is 1. The van der Waals surface area contributed by atoms with Gasteiger partial charge in [-0.05, 0) is 37.0 Å². The fraction of sp³-hybridized carbons (Fsp3) is 0.350. The normalized spacial score (nSPS) is 16.9. The molecule has 1 heterocycles. The van der Waals surface area contributed by atoms with Crippen molar-refractivity contribution >= 4 is 21.7 Å². The molecule has 0 unspecified atom stereocenters. The van der Waals surface area contributed by atoms with Gasteiger partial charge in [0.15, 0.2) is 6.04 Å². The van der Waals surface area contributed by atoms with Crippen molar-refractivity contribution in [3.8, 4) is 0 Å². The fourth-order valence-corrected chi connectivity index (χ4v) is 3.71. The maximum Gasteiger partial charge on any atom is 0.220 e. The highest BCUT2D eigenvalue weighted by Crippen LogP contribution is 2.14. The van der Waals surface area contributed by atoms with Gasteiger partial charge in [0, 0.05) is 16.5 Å². The Kier molecular flexibility index (Phi) is 5.63. The lowest BCUT2D eigenvalue weighted by Gasteiger charge is -2.31. The number of piperidine rings is 1. The molecule has 0 bridgehead atoms. The van der Waals surface area contributed by atoms with Gasteiger partial charge in [-0.2, -0.15) is 0 Å². The molecular formula is C20H23BrNO+. The molecule has 0 radical (unpaired) electrons. The molecule has 0 aromatic heterocycles. The summed E-state index contributed by atoms with van der Waals surface area (Å²) in [6.45, 7) is 2.22. The molecule has 0 amide bonds. The minimum Gasteiger partial charge on any atom is -0.326 e. The molecule has 1 atom stereocenters. The number of hydrogen-bond acceptors (Lipinski definition) is 1. The number of ketones is 1. The number of carbonyl (C=O) groups excluding carboxylic acids is 1. The van der Waals surface area contributed by atoms with Crippen LogP contribution < -0.4 is 4.90 Å². The number of quaternary nitrogens is 1. The molecule has 2 aromatic carbocycles. The number of benzene rings is 2. The standard InChI is InChI=1S/C20H22BrNO/c21-18-11-9-17(10-12-18)20(23)19(22-13-5-2-6-14-22)15-16-7-3-1-4-8-16/h1,3-4,7-12,19H,2,5-6,13-15H2/p+1/t19-/m1/s1. The molecule has 1 fully saturated rings. The summed E-state index contributed by atoms with van der Waals surface area (Å²) >= 11 is 3.45. The number of Topliss-reactive ketones (excluding diaryl/α,β-unsaturated/α-hetero) is 1. The molecule has 3 heteroatoms. The zero-order valence-corrected chi connectivity index (χ0v) is 14.9. The van der Waals surface area contributed by atoms with Crippen LogP contribution in [0.3, 0.4) is 0 Å². The SMILES string of the molecule is O=C(c1ccc(Br)cc1)[C@@H](Cc1ccccc1)[NH+]1CCCCC1. The summed E-state index contributed by atoms with van der Waals surface area (Å²) in [4.78, 5) is 14.6. The molecule has 23 heavy (non-hydrogen) atoms. The first kappa shape index (κ1) is 16.4. The highest BCUT2D eigenvalue weighted by Gasteiger charge is 2.31. The first-order valence-electron chi connectivity index (χ1n) is 8.42. The molecule has 1 aliphatic rings. The first-order valence-corrected chi connectivity index (χ1v) is 9.21. The Labute approximate surface area is 146 Å². The number of nitrogens with one attached hydrogen (secondary N) is 1. The predicted molar refractivity (Wildman–Crippen MR) is 97.0 cm³/mol. The van der Waals surface area contributed by atoms with E-state index >= 15 is 0 Å². The number of hydrogen-bond donors (Lipinski definition) is 1. The minimum absolute atomic E-state index is 0.0267. The second-order valence-electron chi connectivity index (χ2n) is 6.33. The molecular weight excluding hydrogens is 350 g/mol. The van der Waals surface area contributed by atoms with E-state index < -0.39 is 0 Å². The summed E-state index contributed by atoms with van der Waals surface area (Å²) in [6, 6.07) is 18.2. The van der Waals surface area contributed by atoms with Gasteiger partial charge in [0.2, 0.25) is 5.78 Å². The zero-order chi connectivity index (χ0) is 16.1. The summed E-state index contributed by atoms with van der Waals surface area (Å²) in [7, 11) is 0. The van der Waals surface area contributed by atoms with E-state index in [1.165, 1.54) is 29.7 Å². The highest BCUT2D eigenvalue weighted by atomic mass is 79.9. The summed E-state index contributed by atoms with van der Waals surface area (Å²) in [6.07, 6.45) is 4.58. The van der Waals surface area contributed by atoms with Crippen LogP contribution in [0, 0.1) is 0 Å². The van der Waals surface area contributed by atoms with E-state index in [-0.39, 0.29) is 11.8 Å². The smallest absolute Gasteiger partial charge is 0.220 e. The second kappa shape index (κ2) is 7.89. The number of likely N-dealkylation sites (tertiary alicyclic amines) is 1. The minimum atomic E-state index is 0.0267. The van der Waals surface area contributed by atoms with Gasteiger partial charge in [-0.15, -0.1) is 0 Å². The van der Waals surface area contributed by atoms with E-state index in [9.17, 15) is 4.79 Å². The topological polar surface area (TPSA) is 21.5 Å². The van der Waals surface area contributed by atoms with Crippen molar-refractivity contribution in [2.45, 2.75) is 31.7 Å². The van der Waals surface area contributed by atoms with Crippen LogP contribution in [0.2, 0.25) is 0 Å². The van der Waals surface area contributed by atoms with Gasteiger partial charge in [0.25, 0.3) is 0 Å². The third-order valence-corrected chi connectivity index (χ3v) is 5.25. The van der Waals surface area contributed by atoms with Crippen LogP contribution in [0.5, 0.6) is 0 Å². The maximum absolute atomic E-state index is 13.1. The zero-order valence-electron chi connectivity index (χ0n) is 13.3. The van der Waals surface area contributed by atoms with Crippen molar-refractivity contribution in [1.82, 2.24) is 0 Å². The largest absolute Gasteiger partial charge is 0.326 e. The van der Waals surface area contributed by atoms with Crippen molar-refractivity contribution < 1.29 is 9.69 Å². The van der Waals surface area contributed by atoms with E-state index in [0.717, 1.165) is 29.5 Å². The van der Waals surface area contributed by atoms with Crippen LogP contribution in [0.4, 0.5) is 0 Å². The Morgan fingerprint density at radius 3 is 2.26 bits per heavy atom. The van der Waals surface area contributed by atoms with Gasteiger partial charge in [-0.3, -0.25) is 4.79 Å². The van der Waals surface area contributed by atoms with Crippen LogP contribution in [0.1, 0.15) is 35.2 Å². The van der Waals surface area contributed by atoms with E-state index in [1.54, 1.807) is 0 Å². The second-order valence-corrected chi connectivity index (χ2v) is 7.25. The Bertz CT molecular complexity index is 632. The lowest BCUT2D eigenvalue weighted by molar-refractivity contribution is -0.920. The fourth-order valence-electron chi connectivity index (χ4n) is 3.44. The van der Waals surface area contributed by atoms with Crippen molar-refractivity contribution in [3.05, 3.63) is 70.2 Å². The average Bonchev–Trinajstić information content (AvgIpc) is 2.61. The van der Waals surface area contributed by atoms with Gasteiger partial charge < -0.3 is 4.90 Å². The average molecular weight is 373 g/mol. The van der Waals surface area contributed by atoms with E-state index in [1.807, 2.05) is 30.3 Å². The molecule has 120 valence electrons. The van der Waals surface area contributed by atoms with Crippen LogP contribution in [-0.2, 0) is 6.42 Å². The third kappa shape index (κ3) is 4.30. The Hall–Kier alpha value is -1.45. The summed E-state index contributed by atoms with van der Waals surface area (Å²) < 4.78 is 1.01. The van der Waals surface area contributed by atoms with E-state index in [0.29, 0.717) is 0 Å². The molecule has 0 spiro atoms. The summed E-state index contributed by atoms with van der Waals surface area (Å²) in [5, 5.41) is 0. The molecule has 3 rings (SSSR count). The summed E-state index contributed by atoms with van der Waals surface area (Å²) in [5.41, 5.74) is 2.08. The molecule has 2 nitrogen and oxygen atoms in total. The molecule has 1 N–H and O–H groups in total. The highest BCUT2D eigenvalue weighted by molar-refractivity contribution is 9.10. The molecule has 0 saturated carbocycles. The van der Waals surface area contributed by atoms with Gasteiger partial charge in [-0.1, -0.05) is 58.4 Å². The van der Waals surface area contributed by atoms with Crippen molar-refractivity contribution in [1.29, 1.82) is 0 Å². The monoisotopic (exact) mass is 372 g/mol. The summed E-state index contributed by atoms with van der Waals surface area (Å²) in [5.74, 6) is 0.276. The molecule has 0 aliphatic carbocycles. The Morgan fingerprint density at radius 2 is 1.61 bits per heavy atom.